The quantitative estimate of drug-likeness (QED) is 0.725. The highest BCUT2D eigenvalue weighted by Gasteiger charge is 2.39. The van der Waals surface area contributed by atoms with Crippen LogP contribution >= 0.6 is 0 Å². The van der Waals surface area contributed by atoms with Crippen molar-refractivity contribution in [2.24, 2.45) is 5.92 Å². The molecule has 0 amide bonds. The highest BCUT2D eigenvalue weighted by Crippen LogP contribution is 2.39. The lowest BCUT2D eigenvalue weighted by molar-refractivity contribution is 0.0564. The van der Waals surface area contributed by atoms with Gasteiger partial charge in [-0.1, -0.05) is 12.8 Å². The minimum atomic E-state index is 0.140. The van der Waals surface area contributed by atoms with Gasteiger partial charge in [-0.15, -0.1) is 0 Å². The van der Waals surface area contributed by atoms with Crippen LogP contribution in [0.25, 0.3) is 0 Å². The highest BCUT2D eigenvalue weighted by molar-refractivity contribution is 4.93. The number of aliphatic hydroxyl groups is 1. The van der Waals surface area contributed by atoms with Crippen LogP contribution in [-0.4, -0.2) is 48.5 Å². The molecule has 0 aromatic rings. The zero-order valence-electron chi connectivity index (χ0n) is 10.4. The lowest BCUT2D eigenvalue weighted by atomic mass is 9.85. The van der Waals surface area contributed by atoms with Crippen molar-refractivity contribution < 1.29 is 9.84 Å². The first-order chi connectivity index (χ1) is 7.83. The van der Waals surface area contributed by atoms with E-state index in [9.17, 15) is 0 Å². The Kier molecular flexibility index (Phi) is 4.62. The average Bonchev–Trinajstić information content (AvgIpc) is 2.61. The van der Waals surface area contributed by atoms with Gasteiger partial charge in [-0.3, -0.25) is 4.90 Å². The second-order valence-electron chi connectivity index (χ2n) is 5.27. The molecular formula is C13H25NO2. The summed E-state index contributed by atoms with van der Waals surface area (Å²) in [6.07, 6.45) is 7.04. The van der Waals surface area contributed by atoms with Gasteiger partial charge in [0.25, 0.3) is 0 Å². The summed E-state index contributed by atoms with van der Waals surface area (Å²) in [4.78, 5) is 2.64. The summed E-state index contributed by atoms with van der Waals surface area (Å²) < 4.78 is 5.38. The Balaban J connectivity index is 1.78. The van der Waals surface area contributed by atoms with Crippen molar-refractivity contribution >= 4 is 0 Å². The SMILES string of the molecule is C[C@@H]1C[C@H]2CCCC[C@@H]2N1CCOCCO. The van der Waals surface area contributed by atoms with Crippen molar-refractivity contribution in [1.29, 1.82) is 0 Å². The second kappa shape index (κ2) is 5.99. The number of rotatable bonds is 5. The van der Waals surface area contributed by atoms with E-state index in [1.165, 1.54) is 32.1 Å². The molecule has 2 rings (SSSR count). The first-order valence-electron chi connectivity index (χ1n) is 6.77. The summed E-state index contributed by atoms with van der Waals surface area (Å²) in [6, 6.07) is 1.55. The van der Waals surface area contributed by atoms with Crippen LogP contribution in [0.2, 0.25) is 0 Å². The Morgan fingerprint density at radius 1 is 1.25 bits per heavy atom. The molecule has 94 valence electrons. The molecule has 1 aliphatic heterocycles. The molecule has 0 aromatic heterocycles. The third-order valence-electron chi connectivity index (χ3n) is 4.23. The van der Waals surface area contributed by atoms with E-state index in [1.807, 2.05) is 0 Å². The smallest absolute Gasteiger partial charge is 0.0698 e. The van der Waals surface area contributed by atoms with Gasteiger partial charge in [0.15, 0.2) is 0 Å². The molecule has 0 aromatic carbocycles. The maximum absolute atomic E-state index is 8.66. The van der Waals surface area contributed by atoms with E-state index in [4.69, 9.17) is 9.84 Å². The van der Waals surface area contributed by atoms with Crippen LogP contribution < -0.4 is 0 Å². The van der Waals surface area contributed by atoms with Gasteiger partial charge in [-0.2, -0.15) is 0 Å². The van der Waals surface area contributed by atoms with Crippen LogP contribution in [0, 0.1) is 5.92 Å². The van der Waals surface area contributed by atoms with Gasteiger partial charge in [0.2, 0.25) is 0 Å². The third-order valence-corrected chi connectivity index (χ3v) is 4.23. The average molecular weight is 227 g/mol. The summed E-state index contributed by atoms with van der Waals surface area (Å²) in [7, 11) is 0. The molecule has 1 N–H and O–H groups in total. The van der Waals surface area contributed by atoms with Gasteiger partial charge in [-0.25, -0.2) is 0 Å². The number of fused-ring (bicyclic) bond motifs is 1. The predicted molar refractivity (Wildman–Crippen MR) is 64.4 cm³/mol. The monoisotopic (exact) mass is 227 g/mol. The van der Waals surface area contributed by atoms with Crippen molar-refractivity contribution in [2.75, 3.05) is 26.4 Å². The highest BCUT2D eigenvalue weighted by atomic mass is 16.5. The standard InChI is InChI=1S/C13H25NO2/c1-11-10-12-4-2-3-5-13(12)14(11)6-8-16-9-7-15/h11-13,15H,2-10H2,1H3/t11-,12-,13+/m1/s1. The Morgan fingerprint density at radius 2 is 2.06 bits per heavy atom. The van der Waals surface area contributed by atoms with Crippen molar-refractivity contribution in [3.63, 3.8) is 0 Å². The van der Waals surface area contributed by atoms with Gasteiger partial charge in [0.05, 0.1) is 19.8 Å². The third kappa shape index (κ3) is 2.76. The van der Waals surface area contributed by atoms with Crippen molar-refractivity contribution in [3.8, 4) is 0 Å². The number of ether oxygens (including phenoxy) is 1. The summed E-state index contributed by atoms with van der Waals surface area (Å²) in [5.41, 5.74) is 0. The van der Waals surface area contributed by atoms with Crippen molar-refractivity contribution in [2.45, 2.75) is 51.1 Å². The molecule has 1 aliphatic carbocycles. The molecule has 0 unspecified atom stereocenters. The fourth-order valence-corrected chi connectivity index (χ4v) is 3.52. The van der Waals surface area contributed by atoms with E-state index >= 15 is 0 Å². The van der Waals surface area contributed by atoms with Crippen LogP contribution in [0.3, 0.4) is 0 Å². The molecule has 1 saturated heterocycles. The van der Waals surface area contributed by atoms with Gasteiger partial charge in [-0.05, 0) is 32.1 Å². The molecule has 2 aliphatic rings. The molecule has 0 radical (unpaired) electrons. The Hall–Kier alpha value is -0.120. The minimum absolute atomic E-state index is 0.140. The van der Waals surface area contributed by atoms with Gasteiger partial charge >= 0.3 is 0 Å². The maximum Gasteiger partial charge on any atom is 0.0698 e. The number of hydrogen-bond acceptors (Lipinski definition) is 3. The first kappa shape index (κ1) is 12.3. The summed E-state index contributed by atoms with van der Waals surface area (Å²) in [5, 5.41) is 8.66. The van der Waals surface area contributed by atoms with E-state index in [2.05, 4.69) is 11.8 Å². The van der Waals surface area contributed by atoms with Crippen molar-refractivity contribution in [3.05, 3.63) is 0 Å². The minimum Gasteiger partial charge on any atom is -0.394 e. The van der Waals surface area contributed by atoms with Gasteiger partial charge in [0, 0.05) is 18.6 Å². The molecule has 3 atom stereocenters. The largest absolute Gasteiger partial charge is 0.394 e. The molecule has 0 spiro atoms. The number of hydrogen-bond donors (Lipinski definition) is 1. The zero-order valence-corrected chi connectivity index (χ0v) is 10.4. The number of likely N-dealkylation sites (tertiary alicyclic amines) is 1. The summed E-state index contributed by atoms with van der Waals surface area (Å²) in [5.74, 6) is 0.946. The van der Waals surface area contributed by atoms with E-state index in [0.29, 0.717) is 6.61 Å². The van der Waals surface area contributed by atoms with Crippen LogP contribution in [0.4, 0.5) is 0 Å². The first-order valence-corrected chi connectivity index (χ1v) is 6.77. The van der Waals surface area contributed by atoms with E-state index < -0.39 is 0 Å². The van der Waals surface area contributed by atoms with Crippen LogP contribution in [0.15, 0.2) is 0 Å². The van der Waals surface area contributed by atoms with Crippen LogP contribution in [0.5, 0.6) is 0 Å². The normalized spacial score (nSPS) is 35.2. The summed E-state index contributed by atoms with van der Waals surface area (Å²) in [6.45, 7) is 4.79. The Morgan fingerprint density at radius 3 is 2.88 bits per heavy atom. The Labute approximate surface area is 98.8 Å². The number of aliphatic hydroxyl groups excluding tert-OH is 1. The summed E-state index contributed by atoms with van der Waals surface area (Å²) >= 11 is 0. The van der Waals surface area contributed by atoms with Crippen molar-refractivity contribution in [1.82, 2.24) is 4.90 Å². The predicted octanol–water partition coefficient (Wildman–Crippen LogP) is 1.65. The molecule has 3 heteroatoms. The topological polar surface area (TPSA) is 32.7 Å². The van der Waals surface area contributed by atoms with E-state index in [-0.39, 0.29) is 6.61 Å². The molecule has 16 heavy (non-hydrogen) atoms. The van der Waals surface area contributed by atoms with E-state index in [0.717, 1.165) is 31.2 Å². The zero-order chi connectivity index (χ0) is 11.4. The lowest BCUT2D eigenvalue weighted by Crippen LogP contribution is -2.40. The molecule has 1 saturated carbocycles. The van der Waals surface area contributed by atoms with Gasteiger partial charge in [0.1, 0.15) is 0 Å². The maximum atomic E-state index is 8.66. The molecular weight excluding hydrogens is 202 g/mol. The van der Waals surface area contributed by atoms with Crippen LogP contribution in [0.1, 0.15) is 39.0 Å². The molecule has 2 fully saturated rings. The molecule has 0 bridgehead atoms. The fourth-order valence-electron chi connectivity index (χ4n) is 3.52. The van der Waals surface area contributed by atoms with Crippen LogP contribution in [-0.2, 0) is 4.74 Å². The van der Waals surface area contributed by atoms with E-state index in [1.54, 1.807) is 0 Å². The molecule has 3 nitrogen and oxygen atoms in total. The lowest BCUT2D eigenvalue weighted by Gasteiger charge is -2.33. The number of nitrogens with zero attached hydrogens (tertiary/aromatic N) is 1. The molecule has 1 heterocycles. The second-order valence-corrected chi connectivity index (χ2v) is 5.27. The fraction of sp³-hybridized carbons (Fsp3) is 1.00. The Bertz CT molecular complexity index is 210. The van der Waals surface area contributed by atoms with Gasteiger partial charge < -0.3 is 9.84 Å².